The van der Waals surface area contributed by atoms with Crippen LogP contribution in [0.15, 0.2) is 24.3 Å². The number of amides is 2. The molecule has 6 nitrogen and oxygen atoms in total. The molecule has 0 atom stereocenters. The van der Waals surface area contributed by atoms with Crippen molar-refractivity contribution in [3.63, 3.8) is 0 Å². The Labute approximate surface area is 183 Å². The van der Waals surface area contributed by atoms with Crippen molar-refractivity contribution in [3.8, 4) is 5.75 Å². The van der Waals surface area contributed by atoms with Crippen molar-refractivity contribution < 1.29 is 19.1 Å². The molecule has 1 saturated heterocycles. The summed E-state index contributed by atoms with van der Waals surface area (Å²) in [5.41, 5.74) is 0.396. The molecule has 0 aromatic heterocycles. The number of hydrogen-bond acceptors (Lipinski definition) is 4. The molecule has 1 N–H and O–H groups in total. The van der Waals surface area contributed by atoms with E-state index in [0.717, 1.165) is 62.9 Å². The molecular formula is C25H32N2O4. The SMILES string of the molecule is CC(=O)Oc1cccc(C(=O)NC2CCN(C(=O)C34CC5CC(CC(C5)C3)C4)CC2)c1. The van der Waals surface area contributed by atoms with Crippen molar-refractivity contribution in [2.75, 3.05) is 13.1 Å². The molecule has 5 fully saturated rings. The van der Waals surface area contributed by atoms with E-state index < -0.39 is 5.97 Å². The lowest BCUT2D eigenvalue weighted by molar-refractivity contribution is -0.158. The average molecular weight is 425 g/mol. The van der Waals surface area contributed by atoms with E-state index >= 15 is 0 Å². The van der Waals surface area contributed by atoms with Gasteiger partial charge in [-0.3, -0.25) is 14.4 Å². The molecule has 31 heavy (non-hydrogen) atoms. The lowest BCUT2D eigenvalue weighted by atomic mass is 9.49. The van der Waals surface area contributed by atoms with Crippen molar-refractivity contribution in [1.82, 2.24) is 10.2 Å². The Balaban J connectivity index is 1.16. The first-order valence-electron chi connectivity index (χ1n) is 11.8. The first kappa shape index (κ1) is 20.5. The first-order valence-corrected chi connectivity index (χ1v) is 11.8. The minimum absolute atomic E-state index is 0.0605. The summed E-state index contributed by atoms with van der Waals surface area (Å²) in [6.07, 6.45) is 8.92. The number of hydrogen-bond donors (Lipinski definition) is 1. The third kappa shape index (κ3) is 4.09. The van der Waals surface area contributed by atoms with Gasteiger partial charge in [-0.15, -0.1) is 0 Å². The summed E-state index contributed by atoms with van der Waals surface area (Å²) in [6, 6.07) is 6.73. The topological polar surface area (TPSA) is 75.7 Å². The third-order valence-corrected chi connectivity index (χ3v) is 7.97. The van der Waals surface area contributed by atoms with Crippen LogP contribution in [0.4, 0.5) is 0 Å². The van der Waals surface area contributed by atoms with Crippen LogP contribution in [0.3, 0.4) is 0 Å². The summed E-state index contributed by atoms with van der Waals surface area (Å²) in [6.45, 7) is 2.78. The van der Waals surface area contributed by atoms with Gasteiger partial charge in [0.05, 0.1) is 5.41 Å². The van der Waals surface area contributed by atoms with Crippen LogP contribution >= 0.6 is 0 Å². The third-order valence-electron chi connectivity index (χ3n) is 7.97. The second kappa shape index (κ2) is 7.95. The number of nitrogens with one attached hydrogen (secondary N) is 1. The van der Waals surface area contributed by atoms with Crippen LogP contribution < -0.4 is 10.1 Å². The fourth-order valence-corrected chi connectivity index (χ4v) is 7.07. The number of carbonyl (C=O) groups excluding carboxylic acids is 3. The van der Waals surface area contributed by atoms with Crippen LogP contribution in [-0.2, 0) is 9.59 Å². The fraction of sp³-hybridized carbons (Fsp3) is 0.640. The Hall–Kier alpha value is -2.37. The molecule has 0 radical (unpaired) electrons. The maximum Gasteiger partial charge on any atom is 0.308 e. The molecule has 4 aliphatic carbocycles. The van der Waals surface area contributed by atoms with E-state index in [1.54, 1.807) is 24.3 Å². The van der Waals surface area contributed by atoms with Gasteiger partial charge in [-0.1, -0.05) is 6.07 Å². The van der Waals surface area contributed by atoms with Gasteiger partial charge in [0.15, 0.2) is 0 Å². The van der Waals surface area contributed by atoms with Gasteiger partial charge in [0.1, 0.15) is 5.75 Å². The summed E-state index contributed by atoms with van der Waals surface area (Å²) in [7, 11) is 0. The fourth-order valence-electron chi connectivity index (χ4n) is 7.07. The van der Waals surface area contributed by atoms with Gasteiger partial charge in [-0.2, -0.15) is 0 Å². The molecule has 6 rings (SSSR count). The molecular weight excluding hydrogens is 392 g/mol. The zero-order chi connectivity index (χ0) is 21.6. The van der Waals surface area contributed by atoms with E-state index in [4.69, 9.17) is 4.74 Å². The minimum atomic E-state index is -0.409. The van der Waals surface area contributed by atoms with E-state index in [9.17, 15) is 14.4 Å². The highest BCUT2D eigenvalue weighted by molar-refractivity contribution is 5.95. The molecule has 4 saturated carbocycles. The second-order valence-corrected chi connectivity index (χ2v) is 10.4. The zero-order valence-corrected chi connectivity index (χ0v) is 18.3. The van der Waals surface area contributed by atoms with E-state index in [1.807, 2.05) is 0 Å². The lowest BCUT2D eigenvalue weighted by Gasteiger charge is -2.57. The van der Waals surface area contributed by atoms with Crippen LogP contribution in [0.2, 0.25) is 0 Å². The Bertz CT molecular complexity index is 852. The van der Waals surface area contributed by atoms with E-state index in [1.165, 1.54) is 26.2 Å². The molecule has 4 bridgehead atoms. The average Bonchev–Trinajstić information content (AvgIpc) is 2.72. The monoisotopic (exact) mass is 424 g/mol. The Morgan fingerprint density at radius 1 is 1.00 bits per heavy atom. The molecule has 6 heteroatoms. The number of benzene rings is 1. The Morgan fingerprint density at radius 3 is 2.19 bits per heavy atom. The van der Waals surface area contributed by atoms with Crippen LogP contribution in [0, 0.1) is 23.2 Å². The van der Waals surface area contributed by atoms with E-state index in [-0.39, 0.29) is 17.4 Å². The molecule has 5 aliphatic rings. The highest BCUT2D eigenvalue weighted by atomic mass is 16.5. The van der Waals surface area contributed by atoms with Gasteiger partial charge in [-0.25, -0.2) is 0 Å². The van der Waals surface area contributed by atoms with Gasteiger partial charge in [0.25, 0.3) is 5.91 Å². The summed E-state index contributed by atoms with van der Waals surface area (Å²) in [5, 5.41) is 3.09. The van der Waals surface area contributed by atoms with Gasteiger partial charge >= 0.3 is 5.97 Å². The van der Waals surface area contributed by atoms with Gasteiger partial charge in [0.2, 0.25) is 5.91 Å². The van der Waals surface area contributed by atoms with Gasteiger partial charge in [0, 0.05) is 31.6 Å². The molecule has 2 amide bonds. The Morgan fingerprint density at radius 2 is 1.61 bits per heavy atom. The molecule has 1 aliphatic heterocycles. The maximum absolute atomic E-state index is 13.5. The normalized spacial score (nSPS) is 32.0. The standard InChI is InChI=1S/C25H32N2O4/c1-16(28)31-22-4-2-3-20(12-22)23(29)26-21-5-7-27(8-6-21)24(30)25-13-17-9-18(14-25)11-19(10-17)15-25/h2-4,12,17-19,21H,5-11,13-15H2,1H3,(H,26,29). The number of nitrogens with zero attached hydrogens (tertiary/aromatic N) is 1. The first-order chi connectivity index (χ1) is 14.9. The van der Waals surface area contributed by atoms with Gasteiger partial charge < -0.3 is 15.0 Å². The minimum Gasteiger partial charge on any atom is -0.427 e. The number of piperidine rings is 1. The van der Waals surface area contributed by atoms with Crippen LogP contribution in [-0.4, -0.2) is 41.8 Å². The highest BCUT2D eigenvalue weighted by Crippen LogP contribution is 2.60. The molecule has 1 aromatic carbocycles. The molecule has 0 unspecified atom stereocenters. The zero-order valence-electron chi connectivity index (χ0n) is 18.3. The number of esters is 1. The predicted molar refractivity (Wildman–Crippen MR) is 115 cm³/mol. The smallest absolute Gasteiger partial charge is 0.308 e. The van der Waals surface area contributed by atoms with E-state index in [0.29, 0.717) is 17.2 Å². The quantitative estimate of drug-likeness (QED) is 0.592. The van der Waals surface area contributed by atoms with Crippen LogP contribution in [0.5, 0.6) is 5.75 Å². The van der Waals surface area contributed by atoms with Crippen molar-refractivity contribution >= 4 is 17.8 Å². The van der Waals surface area contributed by atoms with Crippen LogP contribution in [0.25, 0.3) is 0 Å². The summed E-state index contributed by atoms with van der Waals surface area (Å²) in [4.78, 5) is 39.4. The van der Waals surface area contributed by atoms with Gasteiger partial charge in [-0.05, 0) is 87.3 Å². The molecule has 166 valence electrons. The largest absolute Gasteiger partial charge is 0.427 e. The molecule has 1 heterocycles. The summed E-state index contributed by atoms with van der Waals surface area (Å²) >= 11 is 0. The maximum atomic E-state index is 13.5. The number of likely N-dealkylation sites (tertiary alicyclic amines) is 1. The summed E-state index contributed by atoms with van der Waals surface area (Å²) < 4.78 is 5.07. The predicted octanol–water partition coefficient (Wildman–Crippen LogP) is 3.55. The lowest BCUT2D eigenvalue weighted by Crippen LogP contribution is -2.56. The van der Waals surface area contributed by atoms with Crippen molar-refractivity contribution in [1.29, 1.82) is 0 Å². The summed E-state index contributed by atoms with van der Waals surface area (Å²) in [5.74, 6) is 2.51. The highest BCUT2D eigenvalue weighted by Gasteiger charge is 2.55. The second-order valence-electron chi connectivity index (χ2n) is 10.4. The van der Waals surface area contributed by atoms with Crippen molar-refractivity contribution in [3.05, 3.63) is 29.8 Å². The van der Waals surface area contributed by atoms with E-state index in [2.05, 4.69) is 10.2 Å². The number of ether oxygens (including phenoxy) is 1. The Kier molecular flexibility index (Phi) is 5.27. The molecule has 0 spiro atoms. The number of rotatable bonds is 4. The van der Waals surface area contributed by atoms with Crippen molar-refractivity contribution in [2.24, 2.45) is 23.2 Å². The number of carbonyl (C=O) groups is 3. The van der Waals surface area contributed by atoms with Crippen LogP contribution in [0.1, 0.15) is 68.6 Å². The molecule has 1 aromatic rings. The van der Waals surface area contributed by atoms with Crippen molar-refractivity contribution in [2.45, 2.75) is 64.3 Å².